The van der Waals surface area contributed by atoms with Crippen molar-refractivity contribution in [3.63, 3.8) is 0 Å². The van der Waals surface area contributed by atoms with Crippen LogP contribution in [0.3, 0.4) is 0 Å². The third kappa shape index (κ3) is 7.30. The summed E-state index contributed by atoms with van der Waals surface area (Å²) in [4.78, 5) is 8.56. The van der Waals surface area contributed by atoms with Crippen LogP contribution >= 0.6 is 0 Å². The van der Waals surface area contributed by atoms with E-state index >= 15 is 0 Å². The fourth-order valence-electron chi connectivity index (χ4n) is 3.11. The first-order valence-electron chi connectivity index (χ1n) is 9.70. The fraction of sp³-hybridized carbons (Fsp3) is 0.700. The molecule has 1 aromatic rings. The zero-order chi connectivity index (χ0) is 18.6. The van der Waals surface area contributed by atoms with Gasteiger partial charge in [-0.1, -0.05) is 19.9 Å². The average molecular weight is 363 g/mol. The lowest BCUT2D eigenvalue weighted by molar-refractivity contribution is 0.0888. The van der Waals surface area contributed by atoms with E-state index in [2.05, 4.69) is 40.5 Å². The maximum atomic E-state index is 5.73. The SMILES string of the molecule is CN=C(NCCCOCC1CCOC1)NCC(c1cccnc1)C(C)C. The van der Waals surface area contributed by atoms with Crippen LogP contribution in [0.15, 0.2) is 29.5 Å². The topological polar surface area (TPSA) is 67.8 Å². The molecule has 2 heterocycles. The number of rotatable bonds is 10. The van der Waals surface area contributed by atoms with Crippen molar-refractivity contribution in [2.75, 3.05) is 46.6 Å². The number of nitrogens with one attached hydrogen (secondary N) is 2. The molecule has 1 aromatic heterocycles. The van der Waals surface area contributed by atoms with E-state index < -0.39 is 0 Å². The van der Waals surface area contributed by atoms with Gasteiger partial charge >= 0.3 is 0 Å². The maximum Gasteiger partial charge on any atom is 0.190 e. The number of nitrogens with zero attached hydrogens (tertiary/aromatic N) is 2. The molecule has 0 aliphatic carbocycles. The standard InChI is InChI=1S/C20H34N4O2/c1-16(2)19(18-6-4-8-22-12-18)13-24-20(21-3)23-9-5-10-25-14-17-7-11-26-15-17/h4,6,8,12,16-17,19H,5,7,9-11,13-15H2,1-3H3,(H2,21,23,24). The molecule has 2 N–H and O–H groups in total. The lowest BCUT2D eigenvalue weighted by atomic mass is 9.89. The van der Waals surface area contributed by atoms with Gasteiger partial charge in [0.2, 0.25) is 0 Å². The average Bonchev–Trinajstić information content (AvgIpc) is 3.17. The molecule has 2 rings (SSSR count). The minimum absolute atomic E-state index is 0.402. The predicted molar refractivity (Wildman–Crippen MR) is 106 cm³/mol. The number of aromatic nitrogens is 1. The lowest BCUT2D eigenvalue weighted by Crippen LogP contribution is -2.40. The van der Waals surface area contributed by atoms with Gasteiger partial charge in [-0.25, -0.2) is 0 Å². The van der Waals surface area contributed by atoms with Crippen molar-refractivity contribution in [2.45, 2.75) is 32.6 Å². The number of guanidine groups is 1. The summed E-state index contributed by atoms with van der Waals surface area (Å²) in [6, 6.07) is 4.14. The number of hydrogen-bond donors (Lipinski definition) is 2. The molecule has 0 aromatic carbocycles. The largest absolute Gasteiger partial charge is 0.381 e. The van der Waals surface area contributed by atoms with Crippen molar-refractivity contribution in [3.05, 3.63) is 30.1 Å². The highest BCUT2D eigenvalue weighted by Crippen LogP contribution is 2.22. The Morgan fingerprint density at radius 1 is 1.42 bits per heavy atom. The molecule has 0 bridgehead atoms. The second-order valence-electron chi connectivity index (χ2n) is 7.17. The Hall–Kier alpha value is -1.66. The van der Waals surface area contributed by atoms with Gasteiger partial charge in [-0.2, -0.15) is 0 Å². The Bertz CT molecular complexity index is 516. The normalized spacial score (nSPS) is 18.9. The third-order valence-corrected chi connectivity index (χ3v) is 4.77. The van der Waals surface area contributed by atoms with E-state index in [1.54, 1.807) is 7.05 Å². The molecule has 0 spiro atoms. The van der Waals surface area contributed by atoms with Gasteiger partial charge < -0.3 is 20.1 Å². The summed E-state index contributed by atoms with van der Waals surface area (Å²) in [5.41, 5.74) is 1.26. The molecule has 0 amide bonds. The van der Waals surface area contributed by atoms with E-state index in [1.807, 2.05) is 18.5 Å². The monoisotopic (exact) mass is 362 g/mol. The predicted octanol–water partition coefficient (Wildman–Crippen LogP) is 2.43. The highest BCUT2D eigenvalue weighted by molar-refractivity contribution is 5.79. The van der Waals surface area contributed by atoms with Gasteiger partial charge in [0.25, 0.3) is 0 Å². The molecule has 26 heavy (non-hydrogen) atoms. The minimum atomic E-state index is 0.402. The Balaban J connectivity index is 1.63. The number of ether oxygens (including phenoxy) is 2. The van der Waals surface area contributed by atoms with E-state index in [0.29, 0.717) is 17.8 Å². The summed E-state index contributed by atoms with van der Waals surface area (Å²) in [6.07, 6.45) is 5.86. The molecular weight excluding hydrogens is 328 g/mol. The highest BCUT2D eigenvalue weighted by Gasteiger charge is 2.17. The van der Waals surface area contributed by atoms with Crippen molar-refractivity contribution in [1.29, 1.82) is 0 Å². The van der Waals surface area contributed by atoms with Gasteiger partial charge in [0.05, 0.1) is 13.2 Å². The van der Waals surface area contributed by atoms with Crippen LogP contribution in [0, 0.1) is 11.8 Å². The van der Waals surface area contributed by atoms with Crippen LogP contribution in [0.1, 0.15) is 38.2 Å². The summed E-state index contributed by atoms with van der Waals surface area (Å²) in [7, 11) is 1.81. The second kappa shape index (κ2) is 11.9. The van der Waals surface area contributed by atoms with Crippen molar-refractivity contribution in [1.82, 2.24) is 15.6 Å². The first-order chi connectivity index (χ1) is 12.7. The zero-order valence-electron chi connectivity index (χ0n) is 16.4. The highest BCUT2D eigenvalue weighted by atomic mass is 16.5. The van der Waals surface area contributed by atoms with Crippen LogP contribution in [0.2, 0.25) is 0 Å². The Morgan fingerprint density at radius 2 is 2.31 bits per heavy atom. The maximum absolute atomic E-state index is 5.73. The van der Waals surface area contributed by atoms with Crippen molar-refractivity contribution in [3.8, 4) is 0 Å². The first kappa shape index (κ1) is 20.6. The van der Waals surface area contributed by atoms with Crippen LogP contribution in [0.25, 0.3) is 0 Å². The van der Waals surface area contributed by atoms with Gasteiger partial charge in [-0.15, -0.1) is 0 Å². The molecule has 6 nitrogen and oxygen atoms in total. The fourth-order valence-corrected chi connectivity index (χ4v) is 3.11. The van der Waals surface area contributed by atoms with Gasteiger partial charge in [0.1, 0.15) is 0 Å². The van der Waals surface area contributed by atoms with Crippen LogP contribution in [0.4, 0.5) is 0 Å². The summed E-state index contributed by atoms with van der Waals surface area (Å²) < 4.78 is 11.1. The van der Waals surface area contributed by atoms with Crippen LogP contribution in [0.5, 0.6) is 0 Å². The molecule has 1 saturated heterocycles. The number of pyridine rings is 1. The molecule has 1 aliphatic heterocycles. The van der Waals surface area contributed by atoms with E-state index in [9.17, 15) is 0 Å². The van der Waals surface area contributed by atoms with E-state index in [4.69, 9.17) is 9.47 Å². The Morgan fingerprint density at radius 3 is 2.96 bits per heavy atom. The van der Waals surface area contributed by atoms with Gasteiger partial charge in [-0.3, -0.25) is 9.98 Å². The minimum Gasteiger partial charge on any atom is -0.381 e. The molecule has 1 aliphatic rings. The smallest absolute Gasteiger partial charge is 0.190 e. The van der Waals surface area contributed by atoms with Crippen molar-refractivity contribution < 1.29 is 9.47 Å². The van der Waals surface area contributed by atoms with Crippen LogP contribution in [-0.2, 0) is 9.47 Å². The van der Waals surface area contributed by atoms with Gasteiger partial charge in [-0.05, 0) is 30.4 Å². The number of hydrogen-bond acceptors (Lipinski definition) is 4. The van der Waals surface area contributed by atoms with E-state index in [1.165, 1.54) is 5.56 Å². The van der Waals surface area contributed by atoms with Crippen LogP contribution < -0.4 is 10.6 Å². The quantitative estimate of drug-likeness (QED) is 0.380. The first-order valence-corrected chi connectivity index (χ1v) is 9.70. The summed E-state index contributed by atoms with van der Waals surface area (Å²) in [5.74, 6) is 2.35. The Labute approximate surface area is 157 Å². The third-order valence-electron chi connectivity index (χ3n) is 4.77. The lowest BCUT2D eigenvalue weighted by Gasteiger charge is -2.23. The summed E-state index contributed by atoms with van der Waals surface area (Å²) in [6.45, 7) is 9.47. The molecule has 0 radical (unpaired) electrons. The number of aliphatic imine (C=N–C) groups is 1. The summed E-state index contributed by atoms with van der Waals surface area (Å²) in [5, 5.41) is 6.80. The van der Waals surface area contributed by atoms with Crippen LogP contribution in [-0.4, -0.2) is 57.5 Å². The molecule has 2 atom stereocenters. The zero-order valence-corrected chi connectivity index (χ0v) is 16.4. The van der Waals surface area contributed by atoms with Crippen molar-refractivity contribution >= 4 is 5.96 Å². The molecule has 1 fully saturated rings. The van der Waals surface area contributed by atoms with Gasteiger partial charge in [0, 0.05) is 57.6 Å². The Kier molecular flexibility index (Phi) is 9.42. The molecule has 146 valence electrons. The van der Waals surface area contributed by atoms with Gasteiger partial charge in [0.15, 0.2) is 5.96 Å². The van der Waals surface area contributed by atoms with E-state index in [0.717, 1.165) is 58.3 Å². The van der Waals surface area contributed by atoms with Crippen molar-refractivity contribution in [2.24, 2.45) is 16.8 Å². The molecule has 2 unspecified atom stereocenters. The summed E-state index contributed by atoms with van der Waals surface area (Å²) >= 11 is 0. The second-order valence-corrected chi connectivity index (χ2v) is 7.17. The molecule has 6 heteroatoms. The molecule has 0 saturated carbocycles. The molecular formula is C20H34N4O2. The van der Waals surface area contributed by atoms with E-state index in [-0.39, 0.29) is 0 Å².